The molecule has 1 aromatic rings. The van der Waals surface area contributed by atoms with Crippen LogP contribution in [0.2, 0.25) is 0 Å². The molecule has 0 saturated carbocycles. The number of phenols is 1. The molecule has 3 N–H and O–H groups in total. The monoisotopic (exact) mass is 314 g/mol. The molecule has 18 heavy (non-hydrogen) atoms. The number of aromatic hydroxyl groups is 1. The SMILES string of the molecule is CCCNC(=O)CNC(=O)c1cc(Br)ccc1O. The molecule has 6 heteroatoms. The Labute approximate surface area is 114 Å². The van der Waals surface area contributed by atoms with Crippen molar-refractivity contribution in [1.29, 1.82) is 0 Å². The van der Waals surface area contributed by atoms with Crippen LogP contribution in [0.15, 0.2) is 22.7 Å². The molecule has 0 atom stereocenters. The number of benzene rings is 1. The summed E-state index contributed by atoms with van der Waals surface area (Å²) in [6.45, 7) is 2.42. The van der Waals surface area contributed by atoms with E-state index >= 15 is 0 Å². The topological polar surface area (TPSA) is 78.4 Å². The van der Waals surface area contributed by atoms with E-state index in [0.29, 0.717) is 11.0 Å². The third-order valence-corrected chi connectivity index (χ3v) is 2.68. The standard InChI is InChI=1S/C12H15BrN2O3/c1-2-5-14-11(17)7-15-12(18)9-6-8(13)3-4-10(9)16/h3-4,6,16H,2,5,7H2,1H3,(H,14,17)(H,15,18). The lowest BCUT2D eigenvalue weighted by molar-refractivity contribution is -0.120. The summed E-state index contributed by atoms with van der Waals surface area (Å²) in [7, 11) is 0. The summed E-state index contributed by atoms with van der Waals surface area (Å²) >= 11 is 3.21. The van der Waals surface area contributed by atoms with Crippen molar-refractivity contribution >= 4 is 27.7 Å². The molecule has 0 unspecified atom stereocenters. The molecular formula is C12H15BrN2O3. The molecule has 0 saturated heterocycles. The fourth-order valence-corrected chi connectivity index (χ4v) is 1.63. The van der Waals surface area contributed by atoms with Gasteiger partial charge in [0.05, 0.1) is 12.1 Å². The highest BCUT2D eigenvalue weighted by Gasteiger charge is 2.12. The summed E-state index contributed by atoms with van der Waals surface area (Å²) in [5.41, 5.74) is 0.132. The van der Waals surface area contributed by atoms with E-state index in [9.17, 15) is 14.7 Å². The summed E-state index contributed by atoms with van der Waals surface area (Å²) in [6, 6.07) is 4.53. The van der Waals surface area contributed by atoms with Gasteiger partial charge in [0.25, 0.3) is 5.91 Å². The maximum atomic E-state index is 11.7. The number of carbonyl (C=O) groups excluding carboxylic acids is 2. The van der Waals surface area contributed by atoms with E-state index in [0.717, 1.165) is 6.42 Å². The Morgan fingerprint density at radius 2 is 2.06 bits per heavy atom. The number of nitrogens with one attached hydrogen (secondary N) is 2. The molecule has 0 aliphatic rings. The van der Waals surface area contributed by atoms with E-state index in [1.54, 1.807) is 6.07 Å². The van der Waals surface area contributed by atoms with Crippen LogP contribution in [0.4, 0.5) is 0 Å². The molecule has 0 heterocycles. The maximum Gasteiger partial charge on any atom is 0.255 e. The van der Waals surface area contributed by atoms with Gasteiger partial charge in [-0.15, -0.1) is 0 Å². The second-order valence-electron chi connectivity index (χ2n) is 3.69. The van der Waals surface area contributed by atoms with E-state index in [4.69, 9.17) is 0 Å². The lowest BCUT2D eigenvalue weighted by atomic mass is 10.2. The second-order valence-corrected chi connectivity index (χ2v) is 4.61. The fraction of sp³-hybridized carbons (Fsp3) is 0.333. The average molecular weight is 315 g/mol. The Kier molecular flexibility index (Phi) is 5.64. The molecule has 0 bridgehead atoms. The fourth-order valence-electron chi connectivity index (χ4n) is 1.27. The summed E-state index contributed by atoms with van der Waals surface area (Å²) in [6.07, 6.45) is 0.839. The van der Waals surface area contributed by atoms with Crippen molar-refractivity contribution in [3.05, 3.63) is 28.2 Å². The molecule has 0 radical (unpaired) electrons. The average Bonchev–Trinajstić information content (AvgIpc) is 2.36. The minimum atomic E-state index is -0.486. The molecule has 0 aliphatic heterocycles. The minimum absolute atomic E-state index is 0.106. The first-order valence-electron chi connectivity index (χ1n) is 5.58. The highest BCUT2D eigenvalue weighted by atomic mass is 79.9. The third kappa shape index (κ3) is 4.37. The van der Waals surface area contributed by atoms with E-state index < -0.39 is 5.91 Å². The largest absolute Gasteiger partial charge is 0.507 e. The van der Waals surface area contributed by atoms with Crippen LogP contribution in [-0.2, 0) is 4.79 Å². The van der Waals surface area contributed by atoms with Crippen molar-refractivity contribution < 1.29 is 14.7 Å². The number of phenolic OH excluding ortho intramolecular Hbond substituents is 1. The predicted octanol–water partition coefficient (Wildman–Crippen LogP) is 1.41. The Morgan fingerprint density at radius 3 is 2.72 bits per heavy atom. The zero-order valence-electron chi connectivity index (χ0n) is 10.00. The maximum absolute atomic E-state index is 11.7. The Bertz CT molecular complexity index is 449. The molecule has 5 nitrogen and oxygen atoms in total. The number of carbonyl (C=O) groups is 2. The van der Waals surface area contributed by atoms with Gasteiger partial charge in [0.15, 0.2) is 0 Å². The van der Waals surface area contributed by atoms with Gasteiger partial charge in [-0.3, -0.25) is 9.59 Å². The molecule has 0 spiro atoms. The Morgan fingerprint density at radius 1 is 1.33 bits per heavy atom. The zero-order valence-corrected chi connectivity index (χ0v) is 11.6. The van der Waals surface area contributed by atoms with Gasteiger partial charge in [-0.05, 0) is 24.6 Å². The van der Waals surface area contributed by atoms with Crippen LogP contribution in [0.5, 0.6) is 5.75 Å². The lowest BCUT2D eigenvalue weighted by Crippen LogP contribution is -2.37. The summed E-state index contributed by atoms with van der Waals surface area (Å²) in [5.74, 6) is -0.857. The van der Waals surface area contributed by atoms with Crippen molar-refractivity contribution in [2.45, 2.75) is 13.3 Å². The Balaban J connectivity index is 2.55. The number of halogens is 1. The molecule has 0 fully saturated rings. The number of hydrogen-bond acceptors (Lipinski definition) is 3. The van der Waals surface area contributed by atoms with Gasteiger partial charge in [0.1, 0.15) is 5.75 Å². The van der Waals surface area contributed by atoms with Crippen LogP contribution >= 0.6 is 15.9 Å². The van der Waals surface area contributed by atoms with Crippen LogP contribution in [0.1, 0.15) is 23.7 Å². The predicted molar refractivity (Wildman–Crippen MR) is 71.4 cm³/mol. The van der Waals surface area contributed by atoms with Crippen molar-refractivity contribution in [3.63, 3.8) is 0 Å². The lowest BCUT2D eigenvalue weighted by Gasteiger charge is -2.07. The van der Waals surface area contributed by atoms with Crippen LogP contribution < -0.4 is 10.6 Å². The van der Waals surface area contributed by atoms with Crippen molar-refractivity contribution in [2.75, 3.05) is 13.1 Å². The van der Waals surface area contributed by atoms with Crippen molar-refractivity contribution in [3.8, 4) is 5.75 Å². The van der Waals surface area contributed by atoms with Gasteiger partial charge < -0.3 is 15.7 Å². The number of amides is 2. The van der Waals surface area contributed by atoms with E-state index in [1.165, 1.54) is 12.1 Å². The van der Waals surface area contributed by atoms with E-state index in [1.807, 2.05) is 6.92 Å². The molecule has 2 amide bonds. The van der Waals surface area contributed by atoms with Gasteiger partial charge in [-0.25, -0.2) is 0 Å². The van der Waals surface area contributed by atoms with E-state index in [2.05, 4.69) is 26.6 Å². The van der Waals surface area contributed by atoms with Gasteiger partial charge in [0, 0.05) is 11.0 Å². The van der Waals surface area contributed by atoms with Gasteiger partial charge in [0.2, 0.25) is 5.91 Å². The van der Waals surface area contributed by atoms with Gasteiger partial charge >= 0.3 is 0 Å². The molecular weight excluding hydrogens is 300 g/mol. The van der Waals surface area contributed by atoms with Crippen molar-refractivity contribution in [2.24, 2.45) is 0 Å². The highest BCUT2D eigenvalue weighted by Crippen LogP contribution is 2.21. The highest BCUT2D eigenvalue weighted by molar-refractivity contribution is 9.10. The first-order chi connectivity index (χ1) is 8.54. The Hall–Kier alpha value is -1.56. The smallest absolute Gasteiger partial charge is 0.255 e. The number of rotatable bonds is 5. The molecule has 1 aromatic carbocycles. The first-order valence-corrected chi connectivity index (χ1v) is 6.37. The zero-order chi connectivity index (χ0) is 13.5. The van der Waals surface area contributed by atoms with Crippen molar-refractivity contribution in [1.82, 2.24) is 10.6 Å². The molecule has 0 aromatic heterocycles. The summed E-state index contributed by atoms with van der Waals surface area (Å²) in [5, 5.41) is 14.6. The van der Waals surface area contributed by atoms with Gasteiger partial charge in [-0.1, -0.05) is 22.9 Å². The first kappa shape index (κ1) is 14.5. The quantitative estimate of drug-likeness (QED) is 0.769. The minimum Gasteiger partial charge on any atom is -0.507 e. The third-order valence-electron chi connectivity index (χ3n) is 2.18. The van der Waals surface area contributed by atoms with Crippen LogP contribution in [0, 0.1) is 0 Å². The summed E-state index contributed by atoms with van der Waals surface area (Å²) < 4.78 is 0.681. The van der Waals surface area contributed by atoms with Gasteiger partial charge in [-0.2, -0.15) is 0 Å². The van der Waals surface area contributed by atoms with Crippen LogP contribution in [0.25, 0.3) is 0 Å². The molecule has 0 aliphatic carbocycles. The normalized spacial score (nSPS) is 9.89. The van der Waals surface area contributed by atoms with E-state index in [-0.39, 0.29) is 23.8 Å². The molecule has 1 rings (SSSR count). The molecule has 98 valence electrons. The van der Waals surface area contributed by atoms with Crippen LogP contribution in [0.3, 0.4) is 0 Å². The van der Waals surface area contributed by atoms with Crippen LogP contribution in [-0.4, -0.2) is 30.0 Å². The number of hydrogen-bond donors (Lipinski definition) is 3. The second kappa shape index (κ2) is 7.00. The summed E-state index contributed by atoms with van der Waals surface area (Å²) in [4.78, 5) is 23.0.